The molecule has 3 aromatic rings. The standard InChI is InChI=1S/C22H24BrN3O2S2/c1-14(15-10-12-16(13-11-15)30(27,28)24-2)25-19-8-5-9-20-21(19)29-22(26-20)17-6-3-4-7-18(17)23/h3-4,6-7,10-14,19,24-25H,5,8-9H2,1-2H3. The summed E-state index contributed by atoms with van der Waals surface area (Å²) in [6.07, 6.45) is 3.19. The number of benzene rings is 2. The number of aromatic nitrogens is 1. The summed E-state index contributed by atoms with van der Waals surface area (Å²) in [7, 11) is -1.99. The third kappa shape index (κ3) is 4.38. The maximum atomic E-state index is 11.9. The molecule has 1 aliphatic carbocycles. The first-order chi connectivity index (χ1) is 14.4. The van der Waals surface area contributed by atoms with Gasteiger partial charge in [0.15, 0.2) is 0 Å². The first-order valence-electron chi connectivity index (χ1n) is 9.93. The molecule has 158 valence electrons. The van der Waals surface area contributed by atoms with E-state index in [2.05, 4.69) is 39.0 Å². The Morgan fingerprint density at radius 1 is 1.17 bits per heavy atom. The number of nitrogens with zero attached hydrogens (tertiary/aromatic N) is 1. The highest BCUT2D eigenvalue weighted by Crippen LogP contribution is 2.40. The third-order valence-electron chi connectivity index (χ3n) is 5.47. The van der Waals surface area contributed by atoms with Gasteiger partial charge in [0, 0.05) is 27.0 Å². The molecule has 0 saturated heterocycles. The topological polar surface area (TPSA) is 71.1 Å². The average Bonchev–Trinajstić information content (AvgIpc) is 3.19. The number of fused-ring (bicyclic) bond motifs is 1. The smallest absolute Gasteiger partial charge is 0.240 e. The Balaban J connectivity index is 1.55. The van der Waals surface area contributed by atoms with Gasteiger partial charge >= 0.3 is 0 Å². The van der Waals surface area contributed by atoms with Crippen molar-refractivity contribution < 1.29 is 8.42 Å². The summed E-state index contributed by atoms with van der Waals surface area (Å²) < 4.78 is 27.3. The Bertz CT molecular complexity index is 1140. The molecule has 1 aliphatic rings. The molecule has 2 unspecified atom stereocenters. The number of aryl methyl sites for hydroxylation is 1. The van der Waals surface area contributed by atoms with Crippen molar-refractivity contribution in [2.45, 2.75) is 43.2 Å². The second-order valence-electron chi connectivity index (χ2n) is 7.42. The molecule has 8 heteroatoms. The van der Waals surface area contributed by atoms with Gasteiger partial charge in [0.2, 0.25) is 10.0 Å². The summed E-state index contributed by atoms with van der Waals surface area (Å²) in [4.78, 5) is 6.53. The van der Waals surface area contributed by atoms with Gasteiger partial charge in [-0.3, -0.25) is 0 Å². The normalized spacial score (nSPS) is 17.5. The molecule has 1 heterocycles. The maximum Gasteiger partial charge on any atom is 0.240 e. The molecule has 0 fully saturated rings. The van der Waals surface area contributed by atoms with Crippen molar-refractivity contribution in [3.63, 3.8) is 0 Å². The van der Waals surface area contributed by atoms with E-state index in [4.69, 9.17) is 4.98 Å². The van der Waals surface area contributed by atoms with E-state index in [1.54, 1.807) is 23.5 Å². The van der Waals surface area contributed by atoms with Crippen LogP contribution in [0.1, 0.15) is 48.0 Å². The van der Waals surface area contributed by atoms with E-state index in [9.17, 15) is 8.42 Å². The van der Waals surface area contributed by atoms with Crippen molar-refractivity contribution in [3.05, 3.63) is 69.1 Å². The van der Waals surface area contributed by atoms with Gasteiger partial charge in [-0.15, -0.1) is 11.3 Å². The average molecular weight is 506 g/mol. The first-order valence-corrected chi connectivity index (χ1v) is 13.0. The third-order valence-corrected chi connectivity index (χ3v) is 8.83. The fraction of sp³-hybridized carbons (Fsp3) is 0.318. The largest absolute Gasteiger partial charge is 0.303 e. The quantitative estimate of drug-likeness (QED) is 0.482. The second-order valence-corrected chi connectivity index (χ2v) is 11.2. The van der Waals surface area contributed by atoms with Crippen LogP contribution in [0.2, 0.25) is 0 Å². The number of hydrogen-bond donors (Lipinski definition) is 2. The summed E-state index contributed by atoms with van der Waals surface area (Å²) in [5, 5.41) is 4.79. The highest BCUT2D eigenvalue weighted by molar-refractivity contribution is 9.10. The summed E-state index contributed by atoms with van der Waals surface area (Å²) in [6, 6.07) is 15.6. The Kier molecular flexibility index (Phi) is 6.41. The van der Waals surface area contributed by atoms with Crippen LogP contribution in [0.15, 0.2) is 57.9 Å². The molecule has 0 aliphatic heterocycles. The number of rotatable bonds is 6. The zero-order valence-electron chi connectivity index (χ0n) is 16.9. The van der Waals surface area contributed by atoms with Crippen molar-refractivity contribution in [2.24, 2.45) is 0 Å². The number of halogens is 1. The van der Waals surface area contributed by atoms with Crippen LogP contribution in [0.5, 0.6) is 0 Å². The fourth-order valence-corrected chi connectivity index (χ4v) is 6.36. The zero-order valence-corrected chi connectivity index (χ0v) is 20.1. The van der Waals surface area contributed by atoms with Gasteiger partial charge in [-0.25, -0.2) is 18.1 Å². The van der Waals surface area contributed by atoms with Gasteiger partial charge < -0.3 is 5.32 Å². The van der Waals surface area contributed by atoms with Crippen LogP contribution in [0.3, 0.4) is 0 Å². The Labute approximate surface area is 190 Å². The zero-order chi connectivity index (χ0) is 21.3. The van der Waals surface area contributed by atoms with E-state index in [1.807, 2.05) is 30.3 Å². The SMILES string of the molecule is CNS(=O)(=O)c1ccc(C(C)NC2CCCc3nc(-c4ccccc4Br)sc32)cc1. The van der Waals surface area contributed by atoms with Gasteiger partial charge in [0.1, 0.15) is 5.01 Å². The number of sulfonamides is 1. The van der Waals surface area contributed by atoms with Crippen LogP contribution in [0.25, 0.3) is 10.6 Å². The minimum Gasteiger partial charge on any atom is -0.303 e. The lowest BCUT2D eigenvalue weighted by atomic mass is 9.96. The summed E-state index contributed by atoms with van der Waals surface area (Å²) >= 11 is 5.41. The summed E-state index contributed by atoms with van der Waals surface area (Å²) in [6.45, 7) is 2.12. The van der Waals surface area contributed by atoms with E-state index in [0.717, 1.165) is 39.9 Å². The molecular weight excluding hydrogens is 482 g/mol. The lowest BCUT2D eigenvalue weighted by molar-refractivity contribution is 0.419. The Morgan fingerprint density at radius 2 is 1.90 bits per heavy atom. The molecule has 2 aromatic carbocycles. The van der Waals surface area contributed by atoms with Crippen LogP contribution < -0.4 is 10.0 Å². The molecular formula is C22H24BrN3O2S2. The van der Waals surface area contributed by atoms with Crippen molar-refractivity contribution in [2.75, 3.05) is 7.05 Å². The van der Waals surface area contributed by atoms with Gasteiger partial charge in [0.05, 0.1) is 10.6 Å². The predicted molar refractivity (Wildman–Crippen MR) is 125 cm³/mol. The summed E-state index contributed by atoms with van der Waals surface area (Å²) in [5.41, 5.74) is 3.38. The van der Waals surface area contributed by atoms with Crippen LogP contribution in [-0.4, -0.2) is 20.4 Å². The van der Waals surface area contributed by atoms with Crippen LogP contribution in [-0.2, 0) is 16.4 Å². The summed E-state index contributed by atoms with van der Waals surface area (Å²) in [5.74, 6) is 0. The molecule has 30 heavy (non-hydrogen) atoms. The fourth-order valence-electron chi connectivity index (χ4n) is 3.78. The van der Waals surface area contributed by atoms with Crippen LogP contribution in [0, 0.1) is 0 Å². The van der Waals surface area contributed by atoms with Crippen molar-refractivity contribution >= 4 is 37.3 Å². The second kappa shape index (κ2) is 8.88. The van der Waals surface area contributed by atoms with E-state index >= 15 is 0 Å². The van der Waals surface area contributed by atoms with E-state index in [-0.39, 0.29) is 17.0 Å². The molecule has 5 nitrogen and oxygen atoms in total. The predicted octanol–water partition coefficient (Wildman–Crippen LogP) is 5.21. The van der Waals surface area contributed by atoms with Gasteiger partial charge in [-0.05, 0) is 57.0 Å². The van der Waals surface area contributed by atoms with Gasteiger partial charge in [-0.2, -0.15) is 0 Å². The van der Waals surface area contributed by atoms with Gasteiger partial charge in [0.25, 0.3) is 0 Å². The minimum absolute atomic E-state index is 0.0984. The van der Waals surface area contributed by atoms with Crippen molar-refractivity contribution in [3.8, 4) is 10.6 Å². The van der Waals surface area contributed by atoms with Crippen LogP contribution >= 0.6 is 27.3 Å². The van der Waals surface area contributed by atoms with E-state index < -0.39 is 10.0 Å². The Hall–Kier alpha value is -1.58. The van der Waals surface area contributed by atoms with Crippen molar-refractivity contribution in [1.29, 1.82) is 0 Å². The molecule has 0 spiro atoms. The molecule has 1 aromatic heterocycles. The van der Waals surface area contributed by atoms with E-state index in [0.29, 0.717) is 0 Å². The lowest BCUT2D eigenvalue weighted by Gasteiger charge is -2.26. The Morgan fingerprint density at radius 3 is 2.60 bits per heavy atom. The monoisotopic (exact) mass is 505 g/mol. The number of nitrogens with one attached hydrogen (secondary N) is 2. The molecule has 0 bridgehead atoms. The molecule has 2 atom stereocenters. The molecule has 4 rings (SSSR count). The lowest BCUT2D eigenvalue weighted by Crippen LogP contribution is -2.27. The number of thiazole rings is 1. The van der Waals surface area contributed by atoms with Crippen molar-refractivity contribution in [1.82, 2.24) is 15.0 Å². The molecule has 2 N–H and O–H groups in total. The number of hydrogen-bond acceptors (Lipinski definition) is 5. The van der Waals surface area contributed by atoms with Gasteiger partial charge in [-0.1, -0.05) is 46.3 Å². The highest BCUT2D eigenvalue weighted by Gasteiger charge is 2.26. The van der Waals surface area contributed by atoms with E-state index in [1.165, 1.54) is 17.6 Å². The minimum atomic E-state index is -3.42. The molecule has 0 amide bonds. The maximum absolute atomic E-state index is 11.9. The first kappa shape index (κ1) is 21.6. The molecule has 0 saturated carbocycles. The molecule has 0 radical (unpaired) electrons. The highest BCUT2D eigenvalue weighted by atomic mass is 79.9. The van der Waals surface area contributed by atoms with Crippen LogP contribution in [0.4, 0.5) is 0 Å².